The van der Waals surface area contributed by atoms with Gasteiger partial charge in [0.2, 0.25) is 10.0 Å². The van der Waals surface area contributed by atoms with E-state index in [1.54, 1.807) is 17.6 Å². The van der Waals surface area contributed by atoms with Gasteiger partial charge in [0.1, 0.15) is 11.4 Å². The first-order chi connectivity index (χ1) is 18.6. The van der Waals surface area contributed by atoms with E-state index in [-0.39, 0.29) is 23.8 Å². The van der Waals surface area contributed by atoms with Crippen LogP contribution in [0.2, 0.25) is 5.02 Å². The number of carbonyl (C=O) groups is 2. The van der Waals surface area contributed by atoms with Gasteiger partial charge in [-0.1, -0.05) is 11.6 Å². The van der Waals surface area contributed by atoms with E-state index in [2.05, 4.69) is 20.0 Å². The van der Waals surface area contributed by atoms with Crippen LogP contribution in [0.5, 0.6) is 0 Å². The summed E-state index contributed by atoms with van der Waals surface area (Å²) in [6.45, 7) is 8.92. The van der Waals surface area contributed by atoms with Crippen molar-refractivity contribution in [2.75, 3.05) is 36.0 Å². The van der Waals surface area contributed by atoms with E-state index in [1.165, 1.54) is 23.1 Å². The minimum Gasteiger partial charge on any atom is -0.444 e. The third-order valence-electron chi connectivity index (χ3n) is 6.12. The van der Waals surface area contributed by atoms with Crippen LogP contribution >= 0.6 is 11.6 Å². The third kappa shape index (κ3) is 7.33. The molecule has 1 aliphatic heterocycles. The molecule has 1 aromatic carbocycles. The molecule has 0 bridgehead atoms. The second-order valence-corrected chi connectivity index (χ2v) is 13.2. The lowest BCUT2D eigenvalue weighted by Gasteiger charge is -2.22. The first-order valence-corrected chi connectivity index (χ1v) is 15.0. The molecule has 3 heterocycles. The first kappa shape index (κ1) is 29.4. The Balaban J connectivity index is 1.48. The molecule has 2 N–H and O–H groups in total. The van der Waals surface area contributed by atoms with E-state index in [9.17, 15) is 18.0 Å². The summed E-state index contributed by atoms with van der Waals surface area (Å²) in [7, 11) is -2.00. The fourth-order valence-corrected chi connectivity index (χ4v) is 5.24. The zero-order valence-electron chi connectivity index (χ0n) is 23.4. The van der Waals surface area contributed by atoms with Crippen molar-refractivity contribution in [3.8, 4) is 0 Å². The maximum absolute atomic E-state index is 13.2. The van der Waals surface area contributed by atoms with E-state index >= 15 is 0 Å². The van der Waals surface area contributed by atoms with E-state index < -0.39 is 27.6 Å². The van der Waals surface area contributed by atoms with Gasteiger partial charge in [-0.25, -0.2) is 22.7 Å². The Morgan fingerprint density at radius 1 is 1.25 bits per heavy atom. The Hall–Kier alpha value is -3.58. The van der Waals surface area contributed by atoms with Crippen LogP contribution in [0.3, 0.4) is 0 Å². The van der Waals surface area contributed by atoms with Crippen LogP contribution < -0.4 is 14.9 Å². The summed E-state index contributed by atoms with van der Waals surface area (Å²) < 4.78 is 32.9. The molecule has 216 valence electrons. The van der Waals surface area contributed by atoms with Gasteiger partial charge >= 0.3 is 6.09 Å². The van der Waals surface area contributed by atoms with Gasteiger partial charge in [0.25, 0.3) is 5.91 Å². The van der Waals surface area contributed by atoms with Crippen molar-refractivity contribution in [3.05, 3.63) is 52.3 Å². The lowest BCUT2D eigenvalue weighted by molar-refractivity contribution is 0.0508. The monoisotopic (exact) mass is 591 g/mol. The van der Waals surface area contributed by atoms with Gasteiger partial charge in [0.05, 0.1) is 35.8 Å². The molecular formula is C26H34ClN7O5S. The quantitative estimate of drug-likeness (QED) is 0.426. The molecule has 1 saturated heterocycles. The number of alkyl carbamates (subject to hydrolysis) is 1. The number of rotatable bonds is 7. The van der Waals surface area contributed by atoms with Crippen molar-refractivity contribution in [2.24, 2.45) is 0 Å². The predicted molar refractivity (Wildman–Crippen MR) is 153 cm³/mol. The number of amides is 2. The molecule has 1 fully saturated rings. The minimum absolute atomic E-state index is 0.0547. The summed E-state index contributed by atoms with van der Waals surface area (Å²) in [5.74, 6) is 0.378. The fraction of sp³-hybridized carbons (Fsp3) is 0.462. The van der Waals surface area contributed by atoms with Crippen LogP contribution in [0.15, 0.2) is 30.5 Å². The van der Waals surface area contributed by atoms with Crippen LogP contribution in [0.1, 0.15) is 48.8 Å². The Morgan fingerprint density at radius 2 is 1.98 bits per heavy atom. The number of benzene rings is 1. The fourth-order valence-electron chi connectivity index (χ4n) is 4.49. The number of carbonyl (C=O) groups excluding carboxylic acids is 2. The van der Waals surface area contributed by atoms with Crippen LogP contribution in [-0.2, 0) is 21.3 Å². The number of hydrogen-bond acceptors (Lipinski definition) is 8. The third-order valence-corrected chi connectivity index (χ3v) is 6.94. The Labute approximate surface area is 238 Å². The molecule has 1 atom stereocenters. The number of fused-ring (bicyclic) bond motifs is 1. The average molecular weight is 592 g/mol. The molecule has 14 heteroatoms. The zero-order chi connectivity index (χ0) is 29.4. The van der Waals surface area contributed by atoms with Crippen LogP contribution in [0.25, 0.3) is 5.65 Å². The summed E-state index contributed by atoms with van der Waals surface area (Å²) in [4.78, 5) is 33.8. The lowest BCUT2D eigenvalue weighted by Crippen LogP contribution is -2.40. The molecule has 2 aromatic heterocycles. The number of sulfonamides is 1. The number of anilines is 2. The van der Waals surface area contributed by atoms with Gasteiger partial charge in [-0.15, -0.1) is 0 Å². The van der Waals surface area contributed by atoms with Crippen LogP contribution in [-0.4, -0.2) is 78.0 Å². The predicted octanol–water partition coefficient (Wildman–Crippen LogP) is 3.44. The SMILES string of the molecule is Cc1cn2nc(CN(C)C(=O)c3cc(Cl)ccc3NS(C)(=O)=O)cc2nc1N1CC[C@H](NC(=O)OC(C)(C)C)C1. The van der Waals surface area contributed by atoms with Crippen molar-refractivity contribution in [3.63, 3.8) is 0 Å². The summed E-state index contributed by atoms with van der Waals surface area (Å²) in [5, 5.41) is 7.81. The number of nitrogens with one attached hydrogen (secondary N) is 2. The maximum Gasteiger partial charge on any atom is 0.407 e. The average Bonchev–Trinajstić information content (AvgIpc) is 3.42. The number of halogens is 1. The number of ether oxygens (including phenoxy) is 1. The van der Waals surface area contributed by atoms with Crippen molar-refractivity contribution in [2.45, 2.75) is 52.3 Å². The molecule has 2 amide bonds. The highest BCUT2D eigenvalue weighted by molar-refractivity contribution is 7.92. The molecular weight excluding hydrogens is 558 g/mol. The van der Waals surface area contributed by atoms with Gasteiger partial charge in [-0.05, 0) is 52.3 Å². The molecule has 1 aliphatic rings. The van der Waals surface area contributed by atoms with Crippen molar-refractivity contribution in [1.82, 2.24) is 24.8 Å². The highest BCUT2D eigenvalue weighted by Gasteiger charge is 2.28. The van der Waals surface area contributed by atoms with E-state index in [0.717, 1.165) is 30.6 Å². The molecule has 0 saturated carbocycles. The summed E-state index contributed by atoms with van der Waals surface area (Å²) in [5.41, 5.74) is 1.84. The molecule has 0 aliphatic carbocycles. The second kappa shape index (κ2) is 11.1. The molecule has 3 aromatic rings. The highest BCUT2D eigenvalue weighted by Crippen LogP contribution is 2.25. The molecule has 12 nitrogen and oxygen atoms in total. The largest absolute Gasteiger partial charge is 0.444 e. The number of aryl methyl sites for hydroxylation is 1. The second-order valence-electron chi connectivity index (χ2n) is 11.0. The molecule has 0 unspecified atom stereocenters. The molecule has 4 rings (SSSR count). The van der Waals surface area contributed by atoms with Crippen LogP contribution in [0, 0.1) is 6.92 Å². The van der Waals surface area contributed by atoms with E-state index in [0.29, 0.717) is 22.9 Å². The Morgan fingerprint density at radius 3 is 2.65 bits per heavy atom. The van der Waals surface area contributed by atoms with E-state index in [1.807, 2.05) is 33.9 Å². The van der Waals surface area contributed by atoms with Gasteiger partial charge in [0.15, 0.2) is 5.65 Å². The van der Waals surface area contributed by atoms with Gasteiger partial charge in [-0.3, -0.25) is 9.52 Å². The molecule has 0 radical (unpaired) electrons. The number of aromatic nitrogens is 3. The summed E-state index contributed by atoms with van der Waals surface area (Å²) in [6.07, 6.45) is 3.22. The Bertz CT molecular complexity index is 1550. The lowest BCUT2D eigenvalue weighted by atomic mass is 10.1. The van der Waals surface area contributed by atoms with Crippen molar-refractivity contribution >= 4 is 50.8 Å². The Kier molecular flexibility index (Phi) is 8.18. The maximum atomic E-state index is 13.2. The normalized spacial score (nSPS) is 15.8. The molecule has 0 spiro atoms. The van der Waals surface area contributed by atoms with Crippen molar-refractivity contribution in [1.29, 1.82) is 0 Å². The van der Waals surface area contributed by atoms with Crippen LogP contribution in [0.4, 0.5) is 16.3 Å². The van der Waals surface area contributed by atoms with Gasteiger partial charge < -0.3 is 19.9 Å². The molecule has 40 heavy (non-hydrogen) atoms. The smallest absolute Gasteiger partial charge is 0.407 e. The minimum atomic E-state index is -3.60. The summed E-state index contributed by atoms with van der Waals surface area (Å²) >= 11 is 6.09. The first-order valence-electron chi connectivity index (χ1n) is 12.7. The number of nitrogens with zero attached hydrogens (tertiary/aromatic N) is 5. The van der Waals surface area contributed by atoms with E-state index in [4.69, 9.17) is 21.3 Å². The topological polar surface area (TPSA) is 138 Å². The number of hydrogen-bond donors (Lipinski definition) is 2. The zero-order valence-corrected chi connectivity index (χ0v) is 24.9. The van der Waals surface area contributed by atoms with Gasteiger partial charge in [0, 0.05) is 43.0 Å². The summed E-state index contributed by atoms with van der Waals surface area (Å²) in [6, 6.07) is 6.13. The standard InChI is InChI=1S/C26H34ClN7O5S/c1-16-13-34-22(29-23(16)33-10-9-18(15-33)28-25(36)39-26(2,3)4)12-19(30-34)14-32(5)24(35)20-11-17(27)7-8-21(20)31-40(6,37)38/h7-8,11-13,18,31H,9-10,14-15H2,1-6H3,(H,28,36)/t18-/m0/s1. The van der Waals surface area contributed by atoms with Gasteiger partial charge in [-0.2, -0.15) is 5.10 Å². The highest BCUT2D eigenvalue weighted by atomic mass is 35.5. The van der Waals surface area contributed by atoms with Crippen molar-refractivity contribution < 1.29 is 22.7 Å².